The predicted molar refractivity (Wildman–Crippen MR) is 68.3 cm³/mol. The highest BCUT2D eigenvalue weighted by molar-refractivity contribution is 5.29. The van der Waals surface area contributed by atoms with Crippen molar-refractivity contribution >= 4 is 0 Å². The molecule has 0 fully saturated rings. The summed E-state index contributed by atoms with van der Waals surface area (Å²) < 4.78 is 10.5. The van der Waals surface area contributed by atoms with Crippen molar-refractivity contribution in [3.05, 3.63) is 29.8 Å². The Morgan fingerprint density at radius 1 is 1.29 bits per heavy atom. The van der Waals surface area contributed by atoms with Crippen LogP contribution in [0, 0.1) is 0 Å². The molecule has 0 saturated carbocycles. The highest BCUT2D eigenvalue weighted by atomic mass is 16.5. The largest absolute Gasteiger partial charge is 0.494 e. The molecule has 1 aromatic carbocycles. The summed E-state index contributed by atoms with van der Waals surface area (Å²) >= 11 is 0. The van der Waals surface area contributed by atoms with E-state index in [0.717, 1.165) is 24.2 Å². The van der Waals surface area contributed by atoms with E-state index in [1.54, 1.807) is 7.11 Å². The quantitative estimate of drug-likeness (QED) is 0.708. The molecular weight excluding hydrogens is 216 g/mol. The third-order valence-corrected chi connectivity index (χ3v) is 2.54. The van der Waals surface area contributed by atoms with Gasteiger partial charge in [0, 0.05) is 13.7 Å². The molecule has 0 heterocycles. The fourth-order valence-electron chi connectivity index (χ4n) is 1.62. The Morgan fingerprint density at radius 3 is 2.82 bits per heavy atom. The van der Waals surface area contributed by atoms with Gasteiger partial charge in [0.05, 0.1) is 12.7 Å². The molecule has 3 nitrogen and oxygen atoms in total. The SMILES string of the molecule is CCCOc1cccc(C(O)CCCOC)c1. The first-order valence-corrected chi connectivity index (χ1v) is 6.17. The van der Waals surface area contributed by atoms with Crippen molar-refractivity contribution in [1.82, 2.24) is 0 Å². The molecule has 0 aliphatic heterocycles. The third kappa shape index (κ3) is 5.20. The van der Waals surface area contributed by atoms with Crippen LogP contribution in [-0.4, -0.2) is 25.4 Å². The molecule has 1 aromatic rings. The van der Waals surface area contributed by atoms with Crippen LogP contribution in [0.1, 0.15) is 37.9 Å². The molecular formula is C14H22O3. The molecule has 1 unspecified atom stereocenters. The summed E-state index contributed by atoms with van der Waals surface area (Å²) in [6, 6.07) is 7.67. The van der Waals surface area contributed by atoms with Crippen LogP contribution in [-0.2, 0) is 4.74 Å². The number of rotatable bonds is 8. The monoisotopic (exact) mass is 238 g/mol. The third-order valence-electron chi connectivity index (χ3n) is 2.54. The number of aliphatic hydroxyl groups is 1. The molecule has 0 aromatic heterocycles. The minimum atomic E-state index is -0.435. The van der Waals surface area contributed by atoms with E-state index in [4.69, 9.17) is 9.47 Å². The molecule has 0 bridgehead atoms. The van der Waals surface area contributed by atoms with Crippen LogP contribution in [0.5, 0.6) is 5.75 Å². The van der Waals surface area contributed by atoms with Gasteiger partial charge in [-0.3, -0.25) is 0 Å². The number of methoxy groups -OCH3 is 1. The Morgan fingerprint density at radius 2 is 2.12 bits per heavy atom. The molecule has 96 valence electrons. The second-order valence-electron chi connectivity index (χ2n) is 4.07. The zero-order chi connectivity index (χ0) is 12.5. The maximum absolute atomic E-state index is 9.99. The van der Waals surface area contributed by atoms with E-state index in [1.165, 1.54) is 0 Å². The van der Waals surface area contributed by atoms with Crippen LogP contribution in [0.2, 0.25) is 0 Å². The van der Waals surface area contributed by atoms with Crippen molar-refractivity contribution in [3.8, 4) is 5.75 Å². The summed E-state index contributed by atoms with van der Waals surface area (Å²) in [6.07, 6.45) is 2.12. The van der Waals surface area contributed by atoms with Gasteiger partial charge in [0.2, 0.25) is 0 Å². The average Bonchev–Trinajstić information content (AvgIpc) is 2.37. The van der Waals surface area contributed by atoms with Gasteiger partial charge in [-0.1, -0.05) is 19.1 Å². The molecule has 1 N–H and O–H groups in total. The van der Waals surface area contributed by atoms with E-state index in [2.05, 4.69) is 6.92 Å². The van der Waals surface area contributed by atoms with Crippen molar-refractivity contribution in [2.45, 2.75) is 32.3 Å². The second-order valence-corrected chi connectivity index (χ2v) is 4.07. The van der Waals surface area contributed by atoms with Crippen LogP contribution in [0.15, 0.2) is 24.3 Å². The van der Waals surface area contributed by atoms with Gasteiger partial charge < -0.3 is 14.6 Å². The van der Waals surface area contributed by atoms with Crippen molar-refractivity contribution in [2.24, 2.45) is 0 Å². The molecule has 3 heteroatoms. The lowest BCUT2D eigenvalue weighted by molar-refractivity contribution is 0.136. The molecule has 0 radical (unpaired) electrons. The van der Waals surface area contributed by atoms with Crippen molar-refractivity contribution in [3.63, 3.8) is 0 Å². The maximum atomic E-state index is 9.99. The number of ether oxygens (including phenoxy) is 2. The Kier molecular flexibility index (Phi) is 6.67. The Bertz CT molecular complexity index is 312. The number of hydrogen-bond acceptors (Lipinski definition) is 3. The standard InChI is InChI=1S/C14H22O3/c1-3-9-17-13-7-4-6-12(11-13)14(15)8-5-10-16-2/h4,6-7,11,14-15H,3,5,8-10H2,1-2H3. The van der Waals surface area contributed by atoms with E-state index < -0.39 is 6.10 Å². The summed E-state index contributed by atoms with van der Waals surface area (Å²) in [5, 5.41) is 9.99. The van der Waals surface area contributed by atoms with Crippen LogP contribution in [0.4, 0.5) is 0 Å². The lowest BCUT2D eigenvalue weighted by Crippen LogP contribution is -2.01. The lowest BCUT2D eigenvalue weighted by Gasteiger charge is -2.12. The summed E-state index contributed by atoms with van der Waals surface area (Å²) in [5.41, 5.74) is 0.912. The highest BCUT2D eigenvalue weighted by Gasteiger charge is 2.08. The van der Waals surface area contributed by atoms with Crippen LogP contribution < -0.4 is 4.74 Å². The number of hydrogen-bond donors (Lipinski definition) is 1. The van der Waals surface area contributed by atoms with Gasteiger partial charge in [-0.05, 0) is 37.0 Å². The summed E-state index contributed by atoms with van der Waals surface area (Å²) in [6.45, 7) is 3.47. The number of benzene rings is 1. The van der Waals surface area contributed by atoms with Crippen molar-refractivity contribution in [1.29, 1.82) is 0 Å². The van der Waals surface area contributed by atoms with E-state index >= 15 is 0 Å². The zero-order valence-corrected chi connectivity index (χ0v) is 10.7. The van der Waals surface area contributed by atoms with Crippen molar-refractivity contribution in [2.75, 3.05) is 20.3 Å². The lowest BCUT2D eigenvalue weighted by atomic mass is 10.1. The van der Waals surface area contributed by atoms with Crippen LogP contribution >= 0.6 is 0 Å². The van der Waals surface area contributed by atoms with Gasteiger partial charge in [0.25, 0.3) is 0 Å². The topological polar surface area (TPSA) is 38.7 Å². The molecule has 0 saturated heterocycles. The molecule has 0 aliphatic carbocycles. The van der Waals surface area contributed by atoms with E-state index in [-0.39, 0.29) is 0 Å². The zero-order valence-electron chi connectivity index (χ0n) is 10.7. The second kappa shape index (κ2) is 8.09. The molecule has 0 aliphatic rings. The molecule has 1 rings (SSSR count). The fraction of sp³-hybridized carbons (Fsp3) is 0.571. The van der Waals surface area contributed by atoms with Gasteiger partial charge in [-0.2, -0.15) is 0 Å². The Labute approximate surface area is 103 Å². The van der Waals surface area contributed by atoms with Gasteiger partial charge >= 0.3 is 0 Å². The highest BCUT2D eigenvalue weighted by Crippen LogP contribution is 2.22. The van der Waals surface area contributed by atoms with E-state index in [9.17, 15) is 5.11 Å². The molecule has 0 amide bonds. The first-order chi connectivity index (χ1) is 8.27. The molecule has 1 atom stereocenters. The van der Waals surface area contributed by atoms with E-state index in [1.807, 2.05) is 24.3 Å². The average molecular weight is 238 g/mol. The van der Waals surface area contributed by atoms with Gasteiger partial charge in [0.1, 0.15) is 5.75 Å². The molecule has 17 heavy (non-hydrogen) atoms. The summed E-state index contributed by atoms with van der Waals surface area (Å²) in [5.74, 6) is 0.829. The van der Waals surface area contributed by atoms with Crippen molar-refractivity contribution < 1.29 is 14.6 Å². The predicted octanol–water partition coefficient (Wildman–Crippen LogP) is 2.94. The summed E-state index contributed by atoms with van der Waals surface area (Å²) in [4.78, 5) is 0. The normalized spacial score (nSPS) is 12.4. The Hall–Kier alpha value is -1.06. The first kappa shape index (κ1) is 14.0. The first-order valence-electron chi connectivity index (χ1n) is 6.17. The number of aliphatic hydroxyl groups excluding tert-OH is 1. The fourth-order valence-corrected chi connectivity index (χ4v) is 1.62. The van der Waals surface area contributed by atoms with Gasteiger partial charge in [0.15, 0.2) is 0 Å². The van der Waals surface area contributed by atoms with E-state index in [0.29, 0.717) is 19.6 Å². The summed E-state index contributed by atoms with van der Waals surface area (Å²) in [7, 11) is 1.67. The van der Waals surface area contributed by atoms with Gasteiger partial charge in [-0.25, -0.2) is 0 Å². The molecule has 0 spiro atoms. The van der Waals surface area contributed by atoms with Crippen LogP contribution in [0.3, 0.4) is 0 Å². The Balaban J connectivity index is 2.51. The minimum absolute atomic E-state index is 0.435. The minimum Gasteiger partial charge on any atom is -0.494 e. The van der Waals surface area contributed by atoms with Crippen LogP contribution in [0.25, 0.3) is 0 Å². The maximum Gasteiger partial charge on any atom is 0.119 e. The van der Waals surface area contributed by atoms with Gasteiger partial charge in [-0.15, -0.1) is 0 Å². The smallest absolute Gasteiger partial charge is 0.119 e.